The fourth-order valence-electron chi connectivity index (χ4n) is 1.84. The van der Waals surface area contributed by atoms with E-state index in [0.29, 0.717) is 6.42 Å². The Kier molecular flexibility index (Phi) is 6.90. The van der Waals surface area contributed by atoms with Gasteiger partial charge in [0.2, 0.25) is 0 Å². The Morgan fingerprint density at radius 2 is 2.16 bits per heavy atom. The number of aryl methyl sites for hydroxylation is 1. The van der Waals surface area contributed by atoms with Gasteiger partial charge >= 0.3 is 0 Å². The summed E-state index contributed by atoms with van der Waals surface area (Å²) in [6, 6.07) is 6.25. The molecule has 0 radical (unpaired) electrons. The SMILES string of the molecule is CCCNCc1cc(Br)cc(C)c1OC(C#N)CC. The Morgan fingerprint density at radius 3 is 2.74 bits per heavy atom. The summed E-state index contributed by atoms with van der Waals surface area (Å²) in [7, 11) is 0. The molecule has 0 spiro atoms. The lowest BCUT2D eigenvalue weighted by molar-refractivity contribution is 0.247. The summed E-state index contributed by atoms with van der Waals surface area (Å²) in [5, 5.41) is 12.4. The maximum atomic E-state index is 9.04. The van der Waals surface area contributed by atoms with Gasteiger partial charge < -0.3 is 10.1 Å². The molecule has 0 bridgehead atoms. The second kappa shape index (κ2) is 8.19. The summed E-state index contributed by atoms with van der Waals surface area (Å²) in [4.78, 5) is 0. The first-order valence-corrected chi connectivity index (χ1v) is 7.47. The largest absolute Gasteiger partial charge is 0.475 e. The molecule has 1 aromatic rings. The number of halogens is 1. The van der Waals surface area contributed by atoms with Gasteiger partial charge in [-0.25, -0.2) is 0 Å². The van der Waals surface area contributed by atoms with E-state index in [-0.39, 0.29) is 6.10 Å². The van der Waals surface area contributed by atoms with E-state index in [0.717, 1.165) is 40.9 Å². The van der Waals surface area contributed by atoms with Crippen LogP contribution >= 0.6 is 15.9 Å². The molecular formula is C15H21BrN2O. The van der Waals surface area contributed by atoms with Crippen LogP contribution in [0.15, 0.2) is 16.6 Å². The average Bonchev–Trinajstić information content (AvgIpc) is 2.38. The normalized spacial score (nSPS) is 11.9. The van der Waals surface area contributed by atoms with Crippen LogP contribution in [0, 0.1) is 18.3 Å². The second-order valence-corrected chi connectivity index (χ2v) is 5.45. The first kappa shape index (κ1) is 16.0. The van der Waals surface area contributed by atoms with Crippen molar-refractivity contribution in [1.82, 2.24) is 5.32 Å². The van der Waals surface area contributed by atoms with E-state index in [4.69, 9.17) is 10.00 Å². The minimum atomic E-state index is -0.384. The lowest BCUT2D eigenvalue weighted by atomic mass is 10.1. The molecule has 0 fully saturated rings. The number of benzene rings is 1. The van der Waals surface area contributed by atoms with Gasteiger partial charge in [-0.05, 0) is 44.0 Å². The third kappa shape index (κ3) is 4.85. The highest BCUT2D eigenvalue weighted by Gasteiger charge is 2.13. The Morgan fingerprint density at radius 1 is 1.42 bits per heavy atom. The number of nitrogens with zero attached hydrogens (tertiary/aromatic N) is 1. The van der Waals surface area contributed by atoms with Gasteiger partial charge in [0.05, 0.1) is 0 Å². The number of hydrogen-bond donors (Lipinski definition) is 1. The second-order valence-electron chi connectivity index (χ2n) is 4.53. The quantitative estimate of drug-likeness (QED) is 0.773. The van der Waals surface area contributed by atoms with Crippen LogP contribution in [0.25, 0.3) is 0 Å². The third-order valence-corrected chi connectivity index (χ3v) is 3.29. The standard InChI is InChI=1S/C15H21BrN2O/c1-4-6-18-10-12-8-13(16)7-11(3)15(12)19-14(5-2)9-17/h7-8,14,18H,4-6,10H2,1-3H3. The van der Waals surface area contributed by atoms with Gasteiger partial charge in [0.1, 0.15) is 11.8 Å². The summed E-state index contributed by atoms with van der Waals surface area (Å²) in [5.74, 6) is 0.834. The van der Waals surface area contributed by atoms with Crippen molar-refractivity contribution < 1.29 is 4.74 Å². The molecule has 0 aliphatic heterocycles. The van der Waals surface area contributed by atoms with E-state index in [1.807, 2.05) is 19.9 Å². The van der Waals surface area contributed by atoms with Crippen LogP contribution < -0.4 is 10.1 Å². The molecule has 1 atom stereocenters. The zero-order valence-corrected chi connectivity index (χ0v) is 13.4. The molecule has 1 aromatic carbocycles. The molecule has 0 aliphatic rings. The fraction of sp³-hybridized carbons (Fsp3) is 0.533. The zero-order valence-electron chi connectivity index (χ0n) is 11.8. The average molecular weight is 325 g/mol. The summed E-state index contributed by atoms with van der Waals surface area (Å²) in [6.07, 6.45) is 1.40. The van der Waals surface area contributed by atoms with Crippen LogP contribution in [0.1, 0.15) is 37.8 Å². The minimum Gasteiger partial charge on any atom is -0.475 e. The van der Waals surface area contributed by atoms with E-state index in [2.05, 4.69) is 40.3 Å². The highest BCUT2D eigenvalue weighted by atomic mass is 79.9. The molecule has 3 nitrogen and oxygen atoms in total. The van der Waals surface area contributed by atoms with E-state index in [1.165, 1.54) is 0 Å². The Bertz CT molecular complexity index is 454. The van der Waals surface area contributed by atoms with E-state index in [1.54, 1.807) is 0 Å². The molecule has 0 heterocycles. The van der Waals surface area contributed by atoms with Gasteiger partial charge in [-0.2, -0.15) is 5.26 Å². The maximum Gasteiger partial charge on any atom is 0.184 e. The van der Waals surface area contributed by atoms with Crippen LogP contribution in [0.4, 0.5) is 0 Å². The van der Waals surface area contributed by atoms with E-state index < -0.39 is 0 Å². The predicted octanol–water partition coefficient (Wildman–Crippen LogP) is 3.94. The molecular weight excluding hydrogens is 304 g/mol. The number of ether oxygens (including phenoxy) is 1. The van der Waals surface area contributed by atoms with Crippen LogP contribution in [0.5, 0.6) is 5.75 Å². The highest BCUT2D eigenvalue weighted by Crippen LogP contribution is 2.29. The molecule has 0 saturated carbocycles. The Hall–Kier alpha value is -1.05. The van der Waals surface area contributed by atoms with Gasteiger partial charge in [-0.3, -0.25) is 0 Å². The molecule has 0 aliphatic carbocycles. The third-order valence-electron chi connectivity index (χ3n) is 2.83. The Balaban J connectivity index is 2.96. The smallest absolute Gasteiger partial charge is 0.184 e. The fourth-order valence-corrected chi connectivity index (χ4v) is 2.46. The molecule has 1 unspecified atom stereocenters. The van der Waals surface area contributed by atoms with Crippen molar-refractivity contribution in [3.05, 3.63) is 27.7 Å². The maximum absolute atomic E-state index is 9.04. The van der Waals surface area contributed by atoms with Crippen molar-refractivity contribution in [2.45, 2.75) is 46.3 Å². The molecule has 1 rings (SSSR count). The molecule has 1 N–H and O–H groups in total. The molecule has 4 heteroatoms. The highest BCUT2D eigenvalue weighted by molar-refractivity contribution is 9.10. The van der Waals surface area contributed by atoms with Crippen molar-refractivity contribution in [3.63, 3.8) is 0 Å². The van der Waals surface area contributed by atoms with Crippen LogP contribution in [0.2, 0.25) is 0 Å². The first-order valence-electron chi connectivity index (χ1n) is 6.68. The molecule has 104 valence electrons. The van der Waals surface area contributed by atoms with Gasteiger partial charge in [0.15, 0.2) is 6.10 Å². The summed E-state index contributed by atoms with van der Waals surface area (Å²) in [5.41, 5.74) is 2.14. The molecule has 0 saturated heterocycles. The number of nitrogens with one attached hydrogen (secondary N) is 1. The van der Waals surface area contributed by atoms with Crippen molar-refractivity contribution >= 4 is 15.9 Å². The molecule has 19 heavy (non-hydrogen) atoms. The monoisotopic (exact) mass is 324 g/mol. The first-order chi connectivity index (χ1) is 9.12. The number of hydrogen-bond acceptors (Lipinski definition) is 3. The van der Waals surface area contributed by atoms with Crippen LogP contribution in [-0.4, -0.2) is 12.6 Å². The summed E-state index contributed by atoms with van der Waals surface area (Å²) in [6.45, 7) is 7.83. The predicted molar refractivity (Wildman–Crippen MR) is 81.2 cm³/mol. The minimum absolute atomic E-state index is 0.384. The van der Waals surface area contributed by atoms with Crippen molar-refractivity contribution in [2.75, 3.05) is 6.54 Å². The Labute approximate surface area is 124 Å². The summed E-state index contributed by atoms with van der Waals surface area (Å²) >= 11 is 3.51. The van der Waals surface area contributed by atoms with Gasteiger partial charge in [0, 0.05) is 16.6 Å². The lowest BCUT2D eigenvalue weighted by Crippen LogP contribution is -2.18. The van der Waals surface area contributed by atoms with Crippen LogP contribution in [0.3, 0.4) is 0 Å². The molecule has 0 aromatic heterocycles. The number of rotatable bonds is 7. The van der Waals surface area contributed by atoms with Crippen molar-refractivity contribution in [3.8, 4) is 11.8 Å². The number of nitriles is 1. The van der Waals surface area contributed by atoms with Crippen molar-refractivity contribution in [2.24, 2.45) is 0 Å². The van der Waals surface area contributed by atoms with Crippen molar-refractivity contribution in [1.29, 1.82) is 5.26 Å². The van der Waals surface area contributed by atoms with Gasteiger partial charge in [0.25, 0.3) is 0 Å². The van der Waals surface area contributed by atoms with Gasteiger partial charge in [-0.1, -0.05) is 29.8 Å². The topological polar surface area (TPSA) is 45.0 Å². The lowest BCUT2D eigenvalue weighted by Gasteiger charge is -2.18. The molecule has 0 amide bonds. The van der Waals surface area contributed by atoms with E-state index >= 15 is 0 Å². The summed E-state index contributed by atoms with van der Waals surface area (Å²) < 4.78 is 6.88. The van der Waals surface area contributed by atoms with Gasteiger partial charge in [-0.15, -0.1) is 0 Å². The zero-order chi connectivity index (χ0) is 14.3. The van der Waals surface area contributed by atoms with E-state index in [9.17, 15) is 0 Å². The van der Waals surface area contributed by atoms with Crippen LogP contribution in [-0.2, 0) is 6.54 Å².